The highest BCUT2D eigenvalue weighted by Gasteiger charge is 2.30. The quantitative estimate of drug-likeness (QED) is 0.372. The summed E-state index contributed by atoms with van der Waals surface area (Å²) >= 11 is 2.81. The van der Waals surface area contributed by atoms with E-state index < -0.39 is 12.0 Å². The molecule has 0 saturated carbocycles. The van der Waals surface area contributed by atoms with E-state index in [0.29, 0.717) is 47.4 Å². The number of nitrogens with zero attached hydrogens (tertiary/aromatic N) is 3. The molecule has 1 atom stereocenters. The van der Waals surface area contributed by atoms with Crippen LogP contribution in [0.5, 0.6) is 0 Å². The number of anilines is 1. The minimum absolute atomic E-state index is 0.0910. The molecule has 0 spiro atoms. The second-order valence-electron chi connectivity index (χ2n) is 7.98. The second kappa shape index (κ2) is 9.46. The Labute approximate surface area is 198 Å². The standard InChI is InChI=1S/C24H23N3O4S2/c28-22(21-9-4-13-32-21)27(12-5-11-26-10-3-7-18(26)23(29)30)24-25-17(15-33-24)20-14-16-6-1-2-8-19(16)31-20/h1-2,4,6,8-9,13-15,18H,3,5,7,10-12H2,(H,29,30). The summed E-state index contributed by atoms with van der Waals surface area (Å²) in [5.74, 6) is -0.190. The van der Waals surface area contributed by atoms with Crippen molar-refractivity contribution < 1.29 is 19.1 Å². The van der Waals surface area contributed by atoms with E-state index in [4.69, 9.17) is 9.40 Å². The number of para-hydroxylation sites is 1. The number of benzene rings is 1. The Morgan fingerprint density at radius 1 is 1.21 bits per heavy atom. The van der Waals surface area contributed by atoms with Crippen molar-refractivity contribution in [3.8, 4) is 11.5 Å². The highest BCUT2D eigenvalue weighted by molar-refractivity contribution is 7.14. The monoisotopic (exact) mass is 481 g/mol. The molecule has 33 heavy (non-hydrogen) atoms. The van der Waals surface area contributed by atoms with Gasteiger partial charge in [0.1, 0.15) is 17.3 Å². The van der Waals surface area contributed by atoms with Crippen molar-refractivity contribution in [3.63, 3.8) is 0 Å². The molecule has 4 aromatic rings. The van der Waals surface area contributed by atoms with E-state index in [1.807, 2.05) is 58.1 Å². The summed E-state index contributed by atoms with van der Waals surface area (Å²) in [6, 6.07) is 13.0. The van der Waals surface area contributed by atoms with E-state index in [0.717, 1.165) is 23.9 Å². The Hall–Kier alpha value is -3.01. The molecular weight excluding hydrogens is 458 g/mol. The lowest BCUT2D eigenvalue weighted by atomic mass is 10.2. The number of carbonyl (C=O) groups excluding carboxylic acids is 1. The molecule has 7 nitrogen and oxygen atoms in total. The third kappa shape index (κ3) is 4.57. The number of aliphatic carboxylic acids is 1. The van der Waals surface area contributed by atoms with Gasteiger partial charge in [-0.2, -0.15) is 0 Å². The Morgan fingerprint density at radius 3 is 2.88 bits per heavy atom. The highest BCUT2D eigenvalue weighted by atomic mass is 32.1. The van der Waals surface area contributed by atoms with Gasteiger partial charge in [0.15, 0.2) is 10.9 Å². The first-order valence-corrected chi connectivity index (χ1v) is 12.6. The molecule has 170 valence electrons. The molecule has 3 aromatic heterocycles. The Balaban J connectivity index is 1.35. The van der Waals surface area contributed by atoms with E-state index >= 15 is 0 Å². The molecule has 5 rings (SSSR count). The molecule has 1 amide bonds. The van der Waals surface area contributed by atoms with Crippen LogP contribution in [0.3, 0.4) is 0 Å². The second-order valence-corrected chi connectivity index (χ2v) is 9.77. The molecule has 1 aromatic carbocycles. The van der Waals surface area contributed by atoms with Crippen molar-refractivity contribution in [2.24, 2.45) is 0 Å². The van der Waals surface area contributed by atoms with E-state index in [-0.39, 0.29) is 5.91 Å². The van der Waals surface area contributed by atoms with Crippen LogP contribution < -0.4 is 4.90 Å². The fourth-order valence-corrected chi connectivity index (χ4v) is 5.74. The third-order valence-electron chi connectivity index (χ3n) is 5.85. The smallest absolute Gasteiger partial charge is 0.320 e. The first kappa shape index (κ1) is 21.8. The van der Waals surface area contributed by atoms with Gasteiger partial charge >= 0.3 is 5.97 Å². The number of hydrogen-bond acceptors (Lipinski definition) is 7. The maximum absolute atomic E-state index is 13.3. The fourth-order valence-electron chi connectivity index (χ4n) is 4.23. The Bertz CT molecular complexity index is 1230. The van der Waals surface area contributed by atoms with Crippen LogP contribution in [0.4, 0.5) is 5.13 Å². The van der Waals surface area contributed by atoms with Crippen LogP contribution >= 0.6 is 22.7 Å². The average Bonchev–Trinajstić information content (AvgIpc) is 3.62. The molecule has 1 unspecified atom stereocenters. The van der Waals surface area contributed by atoms with Crippen LogP contribution in [0.25, 0.3) is 22.4 Å². The predicted molar refractivity (Wildman–Crippen MR) is 130 cm³/mol. The number of hydrogen-bond donors (Lipinski definition) is 1. The summed E-state index contributed by atoms with van der Waals surface area (Å²) in [4.78, 5) is 33.8. The first-order chi connectivity index (χ1) is 16.1. The van der Waals surface area contributed by atoms with Crippen molar-refractivity contribution in [1.82, 2.24) is 9.88 Å². The highest BCUT2D eigenvalue weighted by Crippen LogP contribution is 2.32. The molecule has 4 heterocycles. The molecule has 0 bridgehead atoms. The van der Waals surface area contributed by atoms with Gasteiger partial charge in [-0.25, -0.2) is 4.98 Å². The Morgan fingerprint density at radius 2 is 2.09 bits per heavy atom. The normalized spacial score (nSPS) is 16.4. The number of likely N-dealkylation sites (tertiary alicyclic amines) is 1. The van der Waals surface area contributed by atoms with Crippen LogP contribution in [0.1, 0.15) is 28.9 Å². The maximum atomic E-state index is 13.3. The number of carboxylic acids is 1. The number of amides is 1. The van der Waals surface area contributed by atoms with Crippen LogP contribution in [-0.4, -0.2) is 52.5 Å². The summed E-state index contributed by atoms with van der Waals surface area (Å²) in [6.45, 7) is 1.88. The summed E-state index contributed by atoms with van der Waals surface area (Å²) in [5, 5.41) is 14.8. The van der Waals surface area contributed by atoms with Gasteiger partial charge in [-0.1, -0.05) is 24.3 Å². The lowest BCUT2D eigenvalue weighted by Crippen LogP contribution is -2.39. The number of carboxylic acid groups (broad SMARTS) is 1. The number of thiophene rings is 1. The first-order valence-electron chi connectivity index (χ1n) is 10.9. The van der Waals surface area contributed by atoms with Crippen molar-refractivity contribution in [2.45, 2.75) is 25.3 Å². The molecule has 1 aliphatic heterocycles. The Kier molecular flexibility index (Phi) is 6.26. The molecule has 1 saturated heterocycles. The number of furan rings is 1. The van der Waals surface area contributed by atoms with Crippen molar-refractivity contribution in [1.29, 1.82) is 0 Å². The summed E-state index contributed by atoms with van der Waals surface area (Å²) in [6.07, 6.45) is 2.24. The van der Waals surface area contributed by atoms with Gasteiger partial charge in [0.05, 0.1) is 4.88 Å². The fraction of sp³-hybridized carbons (Fsp3) is 0.292. The third-order valence-corrected chi connectivity index (χ3v) is 7.58. The molecule has 0 aliphatic carbocycles. The van der Waals surface area contributed by atoms with Crippen molar-refractivity contribution in [2.75, 3.05) is 24.5 Å². The zero-order valence-electron chi connectivity index (χ0n) is 17.8. The lowest BCUT2D eigenvalue weighted by Gasteiger charge is -2.24. The zero-order valence-corrected chi connectivity index (χ0v) is 19.5. The lowest BCUT2D eigenvalue weighted by molar-refractivity contribution is -0.142. The van der Waals surface area contributed by atoms with Crippen LogP contribution in [-0.2, 0) is 4.79 Å². The molecule has 9 heteroatoms. The van der Waals surface area contributed by atoms with Gasteiger partial charge in [-0.05, 0) is 49.4 Å². The summed E-state index contributed by atoms with van der Waals surface area (Å²) in [5.41, 5.74) is 1.49. The number of thiazole rings is 1. The van der Waals surface area contributed by atoms with Crippen LogP contribution in [0.2, 0.25) is 0 Å². The zero-order chi connectivity index (χ0) is 22.8. The number of aromatic nitrogens is 1. The van der Waals surface area contributed by atoms with Gasteiger partial charge < -0.3 is 9.52 Å². The van der Waals surface area contributed by atoms with Crippen molar-refractivity contribution in [3.05, 3.63) is 58.1 Å². The minimum atomic E-state index is -0.769. The maximum Gasteiger partial charge on any atom is 0.320 e. The molecule has 0 radical (unpaired) electrons. The van der Waals surface area contributed by atoms with Gasteiger partial charge in [-0.15, -0.1) is 22.7 Å². The minimum Gasteiger partial charge on any atom is -0.480 e. The number of rotatable bonds is 8. The topological polar surface area (TPSA) is 86.9 Å². The molecular formula is C24H23N3O4S2. The van der Waals surface area contributed by atoms with Gasteiger partial charge in [-0.3, -0.25) is 19.4 Å². The van der Waals surface area contributed by atoms with Gasteiger partial charge in [0.2, 0.25) is 0 Å². The number of fused-ring (bicyclic) bond motifs is 1. The average molecular weight is 482 g/mol. The molecule has 1 N–H and O–H groups in total. The van der Waals surface area contributed by atoms with Gasteiger partial charge in [0.25, 0.3) is 5.91 Å². The van der Waals surface area contributed by atoms with Crippen molar-refractivity contribution >= 4 is 50.7 Å². The van der Waals surface area contributed by atoms with Crippen LogP contribution in [0.15, 0.2) is 57.6 Å². The SMILES string of the molecule is O=C(O)C1CCCN1CCCN(C(=O)c1cccs1)c1nc(-c2cc3ccccc3o2)cs1. The largest absolute Gasteiger partial charge is 0.480 e. The van der Waals surface area contributed by atoms with E-state index in [1.165, 1.54) is 22.7 Å². The van der Waals surface area contributed by atoms with E-state index in [9.17, 15) is 14.7 Å². The molecule has 1 aliphatic rings. The van der Waals surface area contributed by atoms with E-state index in [1.54, 1.807) is 4.90 Å². The summed E-state index contributed by atoms with van der Waals surface area (Å²) < 4.78 is 5.94. The van der Waals surface area contributed by atoms with Gasteiger partial charge in [0, 0.05) is 23.9 Å². The van der Waals surface area contributed by atoms with Crippen LogP contribution in [0, 0.1) is 0 Å². The number of carbonyl (C=O) groups is 2. The summed E-state index contributed by atoms with van der Waals surface area (Å²) in [7, 11) is 0. The van der Waals surface area contributed by atoms with E-state index in [2.05, 4.69) is 0 Å². The molecule has 1 fully saturated rings. The predicted octanol–water partition coefficient (Wildman–Crippen LogP) is 5.20.